The van der Waals surface area contributed by atoms with Crippen LogP contribution in [0.2, 0.25) is 0 Å². The second kappa shape index (κ2) is 2.40. The number of hydrogen-bond donors (Lipinski definition) is 1. The van der Waals surface area contributed by atoms with Gasteiger partial charge in [-0.05, 0) is 0 Å². The molecule has 0 saturated heterocycles. The van der Waals surface area contributed by atoms with E-state index in [1.54, 1.807) is 7.05 Å². The van der Waals surface area contributed by atoms with Crippen LogP contribution in [0.1, 0.15) is 0 Å². The number of hydrogen-bond acceptors (Lipinski definition) is 4. The lowest BCUT2D eigenvalue weighted by atomic mass is 10.6. The van der Waals surface area contributed by atoms with E-state index in [1.165, 1.54) is 10.8 Å². The summed E-state index contributed by atoms with van der Waals surface area (Å²) in [6.07, 6.45) is 2.39. The van der Waals surface area contributed by atoms with E-state index in [1.807, 2.05) is 0 Å². The first-order valence-corrected chi connectivity index (χ1v) is 3.35. The van der Waals surface area contributed by atoms with E-state index < -0.39 is 5.82 Å². The van der Waals surface area contributed by atoms with Crippen molar-refractivity contribution in [2.24, 2.45) is 0 Å². The lowest BCUT2D eigenvalue weighted by molar-refractivity contribution is 0.620. The van der Waals surface area contributed by atoms with Gasteiger partial charge in [0.25, 0.3) is 0 Å². The third kappa shape index (κ3) is 0.810. The fraction of sp³-hybridized carbons (Fsp3) is 0.167. The van der Waals surface area contributed by atoms with Gasteiger partial charge >= 0.3 is 0 Å². The Morgan fingerprint density at radius 3 is 3.08 bits per heavy atom. The van der Waals surface area contributed by atoms with Gasteiger partial charge in [-0.3, -0.25) is 0 Å². The molecule has 5 nitrogen and oxygen atoms in total. The van der Waals surface area contributed by atoms with Gasteiger partial charge in [-0.25, -0.2) is 14.4 Å². The summed E-state index contributed by atoms with van der Waals surface area (Å²) in [4.78, 5) is 7.50. The summed E-state index contributed by atoms with van der Waals surface area (Å²) in [5.41, 5.74) is 0.175. The van der Waals surface area contributed by atoms with Crippen LogP contribution in [0.3, 0.4) is 0 Å². The number of nitrogens with zero attached hydrogens (tertiary/aromatic N) is 4. The number of rotatable bonds is 1. The number of anilines is 1. The van der Waals surface area contributed by atoms with Gasteiger partial charge in [0, 0.05) is 7.05 Å². The first-order chi connectivity index (χ1) is 5.83. The molecule has 0 fully saturated rings. The van der Waals surface area contributed by atoms with Gasteiger partial charge in [0.2, 0.25) is 5.95 Å². The summed E-state index contributed by atoms with van der Waals surface area (Å²) in [5, 5.41) is 6.56. The third-order valence-corrected chi connectivity index (χ3v) is 1.49. The standard InChI is InChI=1S/C6H6FN5/c1-8-6-9-2-4(7)5-10-3-11-12(5)6/h2-3H,1H3,(H,8,9). The Hall–Kier alpha value is -1.72. The molecular weight excluding hydrogens is 161 g/mol. The Morgan fingerprint density at radius 2 is 2.33 bits per heavy atom. The van der Waals surface area contributed by atoms with E-state index in [2.05, 4.69) is 20.4 Å². The van der Waals surface area contributed by atoms with Gasteiger partial charge in [-0.1, -0.05) is 0 Å². The van der Waals surface area contributed by atoms with Gasteiger partial charge in [0.1, 0.15) is 6.33 Å². The predicted molar refractivity (Wildman–Crippen MR) is 40.3 cm³/mol. The Kier molecular flexibility index (Phi) is 1.39. The number of nitrogens with one attached hydrogen (secondary N) is 1. The monoisotopic (exact) mass is 167 g/mol. The SMILES string of the molecule is CNc1ncc(F)c2ncnn12. The third-order valence-electron chi connectivity index (χ3n) is 1.49. The molecule has 0 aliphatic heterocycles. The molecular formula is C6H6FN5. The van der Waals surface area contributed by atoms with E-state index in [-0.39, 0.29) is 5.65 Å². The van der Waals surface area contributed by atoms with Crippen molar-refractivity contribution in [3.05, 3.63) is 18.3 Å². The average molecular weight is 167 g/mol. The molecule has 0 bridgehead atoms. The molecule has 0 amide bonds. The van der Waals surface area contributed by atoms with Crippen LogP contribution in [0.15, 0.2) is 12.5 Å². The maximum Gasteiger partial charge on any atom is 0.225 e. The molecule has 2 heterocycles. The van der Waals surface area contributed by atoms with Crippen molar-refractivity contribution < 1.29 is 4.39 Å². The Bertz CT molecular complexity index is 409. The minimum absolute atomic E-state index is 0.175. The predicted octanol–water partition coefficient (Wildman–Crippen LogP) is 0.305. The minimum atomic E-state index is -0.480. The molecule has 0 radical (unpaired) electrons. The molecule has 0 spiro atoms. The fourth-order valence-corrected chi connectivity index (χ4v) is 0.960. The molecule has 62 valence electrons. The van der Waals surface area contributed by atoms with Crippen molar-refractivity contribution >= 4 is 11.6 Å². The van der Waals surface area contributed by atoms with Gasteiger partial charge in [-0.2, -0.15) is 9.61 Å². The molecule has 2 aromatic heterocycles. The van der Waals surface area contributed by atoms with Crippen LogP contribution in [-0.4, -0.2) is 26.6 Å². The lowest BCUT2D eigenvalue weighted by Gasteiger charge is -2.00. The highest BCUT2D eigenvalue weighted by molar-refractivity contribution is 5.43. The zero-order valence-corrected chi connectivity index (χ0v) is 6.32. The van der Waals surface area contributed by atoms with E-state index in [9.17, 15) is 4.39 Å². The van der Waals surface area contributed by atoms with Crippen molar-refractivity contribution in [1.29, 1.82) is 0 Å². The normalized spacial score (nSPS) is 10.5. The molecule has 12 heavy (non-hydrogen) atoms. The maximum atomic E-state index is 12.9. The van der Waals surface area contributed by atoms with Gasteiger partial charge < -0.3 is 5.32 Å². The molecule has 1 N–H and O–H groups in total. The molecule has 2 rings (SSSR count). The van der Waals surface area contributed by atoms with Crippen LogP contribution in [0, 0.1) is 5.82 Å². The van der Waals surface area contributed by atoms with E-state index >= 15 is 0 Å². The number of halogens is 1. The zero-order valence-electron chi connectivity index (χ0n) is 6.32. The van der Waals surface area contributed by atoms with Gasteiger partial charge in [0.15, 0.2) is 11.5 Å². The lowest BCUT2D eigenvalue weighted by Crippen LogP contribution is -2.03. The van der Waals surface area contributed by atoms with E-state index in [4.69, 9.17) is 0 Å². The van der Waals surface area contributed by atoms with Crippen LogP contribution in [0.4, 0.5) is 10.3 Å². The smallest absolute Gasteiger partial charge is 0.225 e. The van der Waals surface area contributed by atoms with Gasteiger partial charge in [-0.15, -0.1) is 0 Å². The van der Waals surface area contributed by atoms with E-state index in [0.29, 0.717) is 5.95 Å². The van der Waals surface area contributed by atoms with Crippen LogP contribution in [0.25, 0.3) is 5.65 Å². The summed E-state index contributed by atoms with van der Waals surface area (Å²) in [6.45, 7) is 0. The number of fused-ring (bicyclic) bond motifs is 1. The van der Waals surface area contributed by atoms with Crippen molar-refractivity contribution in [3.63, 3.8) is 0 Å². The molecule has 2 aromatic rings. The molecule has 0 aromatic carbocycles. The first-order valence-electron chi connectivity index (χ1n) is 3.35. The largest absolute Gasteiger partial charge is 0.357 e. The summed E-state index contributed by atoms with van der Waals surface area (Å²) in [6, 6.07) is 0. The molecule has 0 aliphatic carbocycles. The van der Waals surface area contributed by atoms with Crippen molar-refractivity contribution in [2.75, 3.05) is 12.4 Å². The highest BCUT2D eigenvalue weighted by Crippen LogP contribution is 2.08. The Labute approximate surface area is 67.3 Å². The topological polar surface area (TPSA) is 55.1 Å². The van der Waals surface area contributed by atoms with Crippen molar-refractivity contribution in [3.8, 4) is 0 Å². The van der Waals surface area contributed by atoms with Crippen LogP contribution in [0.5, 0.6) is 0 Å². The fourth-order valence-electron chi connectivity index (χ4n) is 0.960. The summed E-state index contributed by atoms with van der Waals surface area (Å²) in [5.74, 6) is -0.0181. The molecule has 0 unspecified atom stereocenters. The molecule has 6 heteroatoms. The highest BCUT2D eigenvalue weighted by atomic mass is 19.1. The molecule has 0 saturated carbocycles. The zero-order chi connectivity index (χ0) is 8.55. The second-order valence-corrected chi connectivity index (χ2v) is 2.18. The number of aromatic nitrogens is 4. The van der Waals surface area contributed by atoms with Crippen molar-refractivity contribution in [1.82, 2.24) is 19.6 Å². The van der Waals surface area contributed by atoms with Crippen LogP contribution >= 0.6 is 0 Å². The Balaban J connectivity index is 2.82. The highest BCUT2D eigenvalue weighted by Gasteiger charge is 2.06. The minimum Gasteiger partial charge on any atom is -0.357 e. The Morgan fingerprint density at radius 1 is 1.50 bits per heavy atom. The van der Waals surface area contributed by atoms with Crippen LogP contribution < -0.4 is 5.32 Å². The molecule has 0 aliphatic rings. The quantitative estimate of drug-likeness (QED) is 0.663. The van der Waals surface area contributed by atoms with Gasteiger partial charge in [0.05, 0.1) is 6.20 Å². The second-order valence-electron chi connectivity index (χ2n) is 2.18. The summed E-state index contributed by atoms with van der Waals surface area (Å²) >= 11 is 0. The average Bonchev–Trinajstić information content (AvgIpc) is 2.54. The first kappa shape index (κ1) is 6.96. The summed E-state index contributed by atoms with van der Waals surface area (Å²) < 4.78 is 14.2. The summed E-state index contributed by atoms with van der Waals surface area (Å²) in [7, 11) is 1.68. The maximum absolute atomic E-state index is 12.9. The molecule has 0 atom stereocenters. The van der Waals surface area contributed by atoms with Crippen LogP contribution in [-0.2, 0) is 0 Å². The van der Waals surface area contributed by atoms with Crippen molar-refractivity contribution in [2.45, 2.75) is 0 Å². The van der Waals surface area contributed by atoms with E-state index in [0.717, 1.165) is 6.20 Å².